The van der Waals surface area contributed by atoms with Crippen LogP contribution in [0.5, 0.6) is 0 Å². The summed E-state index contributed by atoms with van der Waals surface area (Å²) in [7, 11) is 0. The number of ether oxygens (including phenoxy) is 2. The van der Waals surface area contributed by atoms with E-state index in [1.165, 1.54) is 11.1 Å². The van der Waals surface area contributed by atoms with Crippen LogP contribution in [0.4, 0.5) is 4.79 Å². The largest absolute Gasteiger partial charge is 0.444 e. The van der Waals surface area contributed by atoms with Crippen molar-refractivity contribution < 1.29 is 19.1 Å². The average Bonchev–Trinajstić information content (AvgIpc) is 2.80. The van der Waals surface area contributed by atoms with E-state index in [4.69, 9.17) is 9.47 Å². The summed E-state index contributed by atoms with van der Waals surface area (Å²) in [6, 6.07) is 20.4. The minimum Gasteiger partial charge on any atom is -0.444 e. The van der Waals surface area contributed by atoms with Crippen LogP contribution in [0.25, 0.3) is 0 Å². The second-order valence-electron chi connectivity index (χ2n) is 10.2. The molecule has 35 heavy (non-hydrogen) atoms. The van der Waals surface area contributed by atoms with Crippen LogP contribution < -0.4 is 10.6 Å². The fourth-order valence-corrected chi connectivity index (χ4v) is 4.15. The predicted octanol–water partition coefficient (Wildman–Crippen LogP) is 4.49. The number of nitrogens with zero attached hydrogens (tertiary/aromatic N) is 1. The van der Waals surface area contributed by atoms with Gasteiger partial charge in [-0.25, -0.2) is 4.79 Å². The minimum absolute atomic E-state index is 0.0334. The zero-order chi connectivity index (χ0) is 25.4. The Bertz CT molecular complexity index is 900. The third kappa shape index (κ3) is 7.80. The van der Waals surface area contributed by atoms with Gasteiger partial charge in [-0.2, -0.15) is 0 Å². The lowest BCUT2D eigenvalue weighted by molar-refractivity contribution is -0.129. The van der Waals surface area contributed by atoms with Crippen molar-refractivity contribution in [3.63, 3.8) is 0 Å². The van der Waals surface area contributed by atoms with E-state index in [-0.39, 0.29) is 30.7 Å². The van der Waals surface area contributed by atoms with E-state index >= 15 is 0 Å². The van der Waals surface area contributed by atoms with Crippen LogP contribution in [0.15, 0.2) is 60.7 Å². The predicted molar refractivity (Wildman–Crippen MR) is 137 cm³/mol. The highest BCUT2D eigenvalue weighted by Crippen LogP contribution is 2.32. The highest BCUT2D eigenvalue weighted by Gasteiger charge is 2.35. The molecule has 1 heterocycles. The van der Waals surface area contributed by atoms with Crippen LogP contribution in [0.2, 0.25) is 0 Å². The highest BCUT2D eigenvalue weighted by atomic mass is 16.6. The van der Waals surface area contributed by atoms with Gasteiger partial charge in [-0.1, -0.05) is 80.9 Å². The molecule has 2 aromatic rings. The third-order valence-electron chi connectivity index (χ3n) is 6.21. The average molecular weight is 482 g/mol. The van der Waals surface area contributed by atoms with Gasteiger partial charge in [-0.05, 0) is 37.8 Å². The molecule has 2 unspecified atom stereocenters. The Labute approximate surface area is 209 Å². The van der Waals surface area contributed by atoms with Crippen molar-refractivity contribution in [3.8, 4) is 0 Å². The first-order valence-electron chi connectivity index (χ1n) is 12.4. The van der Waals surface area contributed by atoms with Crippen molar-refractivity contribution in [2.45, 2.75) is 64.8 Å². The second kappa shape index (κ2) is 12.2. The van der Waals surface area contributed by atoms with E-state index in [1.54, 1.807) is 20.8 Å². The van der Waals surface area contributed by atoms with Crippen molar-refractivity contribution >= 4 is 12.0 Å². The summed E-state index contributed by atoms with van der Waals surface area (Å²) in [5.41, 5.74) is 1.86. The van der Waals surface area contributed by atoms with Crippen molar-refractivity contribution in [2.24, 2.45) is 5.92 Å². The Kier molecular flexibility index (Phi) is 9.29. The molecule has 0 bridgehead atoms. The third-order valence-corrected chi connectivity index (χ3v) is 6.21. The smallest absolute Gasteiger partial charge is 0.408 e. The standard InChI is InChI=1S/C28H39N3O4/c1-6-20(2)24(30-27(33)35-28(3,4)5)26(32)29-19-34-23-17-31(18-23)25(21-13-9-7-10-14-21)22-15-11-8-12-16-22/h7-16,20,23-25H,6,17-19H2,1-5H3,(H,29,32)(H,30,33). The van der Waals surface area contributed by atoms with Gasteiger partial charge < -0.3 is 20.1 Å². The molecular weight excluding hydrogens is 442 g/mol. The highest BCUT2D eigenvalue weighted by molar-refractivity contribution is 5.85. The molecule has 7 heteroatoms. The molecule has 1 aliphatic heterocycles. The molecule has 2 atom stereocenters. The van der Waals surface area contributed by atoms with Crippen LogP contribution in [0.3, 0.4) is 0 Å². The van der Waals surface area contributed by atoms with Crippen molar-refractivity contribution in [1.29, 1.82) is 0 Å². The molecule has 3 rings (SSSR count). The molecule has 0 aromatic heterocycles. The maximum Gasteiger partial charge on any atom is 0.408 e. The SMILES string of the molecule is CCC(C)C(NC(=O)OC(C)(C)C)C(=O)NCOC1CN(C(c2ccccc2)c2ccccc2)C1. The maximum atomic E-state index is 12.8. The first-order valence-corrected chi connectivity index (χ1v) is 12.4. The number of alkyl carbamates (subject to hydrolysis) is 1. The van der Waals surface area contributed by atoms with Crippen molar-refractivity contribution in [1.82, 2.24) is 15.5 Å². The molecule has 2 amide bonds. The van der Waals surface area contributed by atoms with Gasteiger partial charge in [0.05, 0.1) is 12.1 Å². The number of amides is 2. The van der Waals surface area contributed by atoms with E-state index in [1.807, 2.05) is 26.0 Å². The monoisotopic (exact) mass is 481 g/mol. The summed E-state index contributed by atoms with van der Waals surface area (Å²) in [6.45, 7) is 10.9. The fraction of sp³-hybridized carbons (Fsp3) is 0.500. The Hall–Kier alpha value is -2.90. The Morgan fingerprint density at radius 3 is 2.03 bits per heavy atom. The van der Waals surface area contributed by atoms with E-state index in [9.17, 15) is 9.59 Å². The number of benzene rings is 2. The van der Waals surface area contributed by atoms with Crippen LogP contribution >= 0.6 is 0 Å². The minimum atomic E-state index is -0.683. The summed E-state index contributed by atoms with van der Waals surface area (Å²) < 4.78 is 11.3. The molecule has 7 nitrogen and oxygen atoms in total. The second-order valence-corrected chi connectivity index (χ2v) is 10.2. The molecule has 0 saturated carbocycles. The van der Waals surface area contributed by atoms with Gasteiger partial charge in [-0.3, -0.25) is 9.69 Å². The Morgan fingerprint density at radius 2 is 1.54 bits per heavy atom. The summed E-state index contributed by atoms with van der Waals surface area (Å²) in [5.74, 6) is -0.313. The summed E-state index contributed by atoms with van der Waals surface area (Å²) in [6.07, 6.45) is 0.180. The molecule has 190 valence electrons. The molecule has 2 N–H and O–H groups in total. The number of carbonyl (C=O) groups is 2. The number of nitrogens with one attached hydrogen (secondary N) is 2. The summed E-state index contributed by atoms with van der Waals surface area (Å²) in [5, 5.41) is 5.53. The van der Waals surface area contributed by atoms with E-state index in [2.05, 4.69) is 64.1 Å². The van der Waals surface area contributed by atoms with Gasteiger partial charge >= 0.3 is 6.09 Å². The van der Waals surface area contributed by atoms with Crippen molar-refractivity contribution in [3.05, 3.63) is 71.8 Å². The molecule has 0 aliphatic carbocycles. The van der Waals surface area contributed by atoms with E-state index in [0.29, 0.717) is 0 Å². The van der Waals surface area contributed by atoms with Gasteiger partial charge in [0.1, 0.15) is 18.4 Å². The summed E-state index contributed by atoms with van der Waals surface area (Å²) in [4.78, 5) is 27.4. The lowest BCUT2D eigenvalue weighted by Crippen LogP contribution is -2.55. The molecule has 1 fully saturated rings. The lowest BCUT2D eigenvalue weighted by Gasteiger charge is -2.44. The number of rotatable bonds is 10. The van der Waals surface area contributed by atoms with E-state index in [0.717, 1.165) is 19.5 Å². The molecular formula is C28H39N3O4. The molecule has 2 aromatic carbocycles. The normalized spacial score (nSPS) is 16.3. The Balaban J connectivity index is 1.51. The number of hydrogen-bond donors (Lipinski definition) is 2. The van der Waals surface area contributed by atoms with Crippen LogP contribution in [-0.4, -0.2) is 54.5 Å². The number of carbonyl (C=O) groups excluding carboxylic acids is 2. The van der Waals surface area contributed by atoms with Crippen LogP contribution in [0, 0.1) is 5.92 Å². The molecule has 1 saturated heterocycles. The molecule has 0 spiro atoms. The van der Waals surface area contributed by atoms with Gasteiger partial charge in [0.25, 0.3) is 0 Å². The maximum absolute atomic E-state index is 12.8. The van der Waals surface area contributed by atoms with Crippen LogP contribution in [-0.2, 0) is 14.3 Å². The van der Waals surface area contributed by atoms with Gasteiger partial charge in [0.2, 0.25) is 5.91 Å². The first-order chi connectivity index (χ1) is 16.7. The zero-order valence-corrected chi connectivity index (χ0v) is 21.5. The quantitative estimate of drug-likeness (QED) is 0.489. The number of likely N-dealkylation sites (tertiary alicyclic amines) is 1. The molecule has 0 radical (unpaired) electrons. The lowest BCUT2D eigenvalue weighted by atomic mass is 9.94. The van der Waals surface area contributed by atoms with E-state index < -0.39 is 17.7 Å². The van der Waals surface area contributed by atoms with Gasteiger partial charge in [-0.15, -0.1) is 0 Å². The van der Waals surface area contributed by atoms with Crippen LogP contribution in [0.1, 0.15) is 58.2 Å². The number of hydrogen-bond acceptors (Lipinski definition) is 5. The fourth-order valence-electron chi connectivity index (χ4n) is 4.15. The van der Waals surface area contributed by atoms with Crippen molar-refractivity contribution in [2.75, 3.05) is 19.8 Å². The summed E-state index contributed by atoms with van der Waals surface area (Å²) >= 11 is 0. The Morgan fingerprint density at radius 1 is 1.00 bits per heavy atom. The zero-order valence-electron chi connectivity index (χ0n) is 21.5. The van der Waals surface area contributed by atoms with Gasteiger partial charge in [0.15, 0.2) is 0 Å². The molecule has 1 aliphatic rings. The first kappa shape index (κ1) is 26.7. The van der Waals surface area contributed by atoms with Gasteiger partial charge in [0, 0.05) is 13.1 Å². The topological polar surface area (TPSA) is 79.9 Å².